The second kappa shape index (κ2) is 11.0. The number of fused-ring (bicyclic) bond motifs is 1. The smallest absolute Gasteiger partial charge is 0.408 e. The zero-order chi connectivity index (χ0) is 26.6. The van der Waals surface area contributed by atoms with Crippen molar-refractivity contribution in [3.05, 3.63) is 42.5 Å². The highest BCUT2D eigenvalue weighted by Crippen LogP contribution is 2.35. The molecule has 0 aliphatic carbocycles. The molecule has 0 unspecified atom stereocenters. The van der Waals surface area contributed by atoms with Crippen molar-refractivity contribution < 1.29 is 37.2 Å². The molecule has 0 aliphatic rings. The molecule has 0 aromatic carbocycles. The fourth-order valence-electron chi connectivity index (χ4n) is 3.75. The summed E-state index contributed by atoms with van der Waals surface area (Å²) >= 11 is 0. The van der Waals surface area contributed by atoms with E-state index >= 15 is 0 Å². The van der Waals surface area contributed by atoms with Crippen LogP contribution >= 0.6 is 0 Å². The summed E-state index contributed by atoms with van der Waals surface area (Å²) in [6.07, 6.45) is 1.18. The average Bonchev–Trinajstić information content (AvgIpc) is 3.44. The van der Waals surface area contributed by atoms with E-state index < -0.39 is 12.7 Å². The van der Waals surface area contributed by atoms with Crippen LogP contribution in [0.25, 0.3) is 27.8 Å². The van der Waals surface area contributed by atoms with Gasteiger partial charge in [-0.3, -0.25) is 9.25 Å². The van der Waals surface area contributed by atoms with Crippen molar-refractivity contribution in [2.75, 3.05) is 40.6 Å². The van der Waals surface area contributed by atoms with Gasteiger partial charge in [-0.2, -0.15) is 18.3 Å². The molecule has 4 rings (SSSR count). The molecule has 4 aromatic heterocycles. The van der Waals surface area contributed by atoms with Crippen molar-refractivity contribution in [2.24, 2.45) is 0 Å². The molecule has 10 nitrogen and oxygen atoms in total. The van der Waals surface area contributed by atoms with Crippen LogP contribution in [0.4, 0.5) is 13.2 Å². The normalized spacial score (nSPS) is 11.8. The van der Waals surface area contributed by atoms with Gasteiger partial charge in [0.2, 0.25) is 5.88 Å². The largest absolute Gasteiger partial charge is 0.494 e. The number of hydrogen-bond acceptors (Lipinski definition) is 8. The number of aromatic hydroxyl groups is 1. The van der Waals surface area contributed by atoms with Crippen LogP contribution < -0.4 is 9.47 Å². The molecule has 37 heavy (non-hydrogen) atoms. The summed E-state index contributed by atoms with van der Waals surface area (Å²) < 4.78 is 61.6. The highest BCUT2D eigenvalue weighted by molar-refractivity contribution is 5.90. The van der Waals surface area contributed by atoms with E-state index in [9.17, 15) is 18.3 Å². The van der Waals surface area contributed by atoms with Crippen molar-refractivity contribution in [2.45, 2.75) is 19.6 Å². The number of halogens is 3. The van der Waals surface area contributed by atoms with Gasteiger partial charge in [-0.05, 0) is 24.6 Å². The van der Waals surface area contributed by atoms with Crippen molar-refractivity contribution in [1.29, 1.82) is 0 Å². The third-order valence-corrected chi connectivity index (χ3v) is 5.42. The Morgan fingerprint density at radius 2 is 1.81 bits per heavy atom. The second-order valence-electron chi connectivity index (χ2n) is 8.10. The Morgan fingerprint density at radius 1 is 1.03 bits per heavy atom. The van der Waals surface area contributed by atoms with E-state index in [0.29, 0.717) is 59.2 Å². The summed E-state index contributed by atoms with van der Waals surface area (Å²) in [6.45, 7) is 2.17. The van der Waals surface area contributed by atoms with E-state index in [4.69, 9.17) is 18.9 Å². The number of rotatable bonds is 11. The van der Waals surface area contributed by atoms with Gasteiger partial charge in [-0.1, -0.05) is 0 Å². The van der Waals surface area contributed by atoms with Gasteiger partial charge < -0.3 is 24.1 Å². The number of methoxy groups -OCH3 is 2. The average molecular weight is 521 g/mol. The molecule has 0 atom stereocenters. The van der Waals surface area contributed by atoms with Gasteiger partial charge in [0.15, 0.2) is 5.75 Å². The van der Waals surface area contributed by atoms with Crippen LogP contribution in [-0.2, 0) is 16.0 Å². The molecular formula is C24H26F3N5O5. The summed E-state index contributed by atoms with van der Waals surface area (Å²) in [4.78, 5) is 8.98. The lowest BCUT2D eigenvalue weighted by atomic mass is 10.1. The molecule has 0 radical (unpaired) electrons. The summed E-state index contributed by atoms with van der Waals surface area (Å²) in [5.41, 5.74) is 2.65. The lowest BCUT2D eigenvalue weighted by Gasteiger charge is -2.11. The molecule has 1 N–H and O–H groups in total. The molecule has 13 heteroatoms. The minimum atomic E-state index is -4.41. The van der Waals surface area contributed by atoms with Gasteiger partial charge in [-0.15, -0.1) is 0 Å². The molecule has 0 saturated heterocycles. The third kappa shape index (κ3) is 6.12. The molecule has 0 aliphatic heterocycles. The Hall–Kier alpha value is -3.84. The molecule has 4 heterocycles. The first-order chi connectivity index (χ1) is 17.7. The lowest BCUT2D eigenvalue weighted by molar-refractivity contribution is -0.142. The number of aromatic nitrogens is 5. The standard InChI is InChI=1S/C24H26F3N5O5/c1-15-8-18(16-9-20(35-3)22(28-10-16)37-7-6-36-5-4-34-2)30-19-13-32(23(33)21(15)19)17-11-29-31(12-17)14-24(25,26)27/h8-13,33H,4-7,14H2,1-3H3. The Bertz CT molecular complexity index is 1370. The highest BCUT2D eigenvalue weighted by Gasteiger charge is 2.28. The first kappa shape index (κ1) is 26.2. The Kier molecular flexibility index (Phi) is 7.83. The van der Waals surface area contributed by atoms with Crippen LogP contribution in [0.2, 0.25) is 0 Å². The second-order valence-corrected chi connectivity index (χ2v) is 8.10. The van der Waals surface area contributed by atoms with Crippen molar-refractivity contribution >= 4 is 10.9 Å². The number of aryl methyl sites for hydroxylation is 1. The van der Waals surface area contributed by atoms with Crippen LogP contribution in [0.15, 0.2) is 36.9 Å². The summed E-state index contributed by atoms with van der Waals surface area (Å²) in [7, 11) is 3.10. The van der Waals surface area contributed by atoms with E-state index in [0.717, 1.165) is 4.68 Å². The molecular weight excluding hydrogens is 495 g/mol. The molecule has 0 bridgehead atoms. The number of nitrogens with zero attached hydrogens (tertiary/aromatic N) is 5. The van der Waals surface area contributed by atoms with Crippen LogP contribution in [0.3, 0.4) is 0 Å². The fourth-order valence-corrected chi connectivity index (χ4v) is 3.75. The zero-order valence-corrected chi connectivity index (χ0v) is 20.4. The van der Waals surface area contributed by atoms with Crippen molar-refractivity contribution in [1.82, 2.24) is 24.3 Å². The Morgan fingerprint density at radius 3 is 2.54 bits per heavy atom. The zero-order valence-electron chi connectivity index (χ0n) is 20.4. The maximum atomic E-state index is 12.7. The van der Waals surface area contributed by atoms with Gasteiger partial charge in [0.25, 0.3) is 5.88 Å². The Labute approximate surface area is 210 Å². The van der Waals surface area contributed by atoms with E-state index in [-0.39, 0.29) is 18.2 Å². The van der Waals surface area contributed by atoms with Gasteiger partial charge in [0.1, 0.15) is 13.2 Å². The molecule has 198 valence electrons. The predicted molar refractivity (Wildman–Crippen MR) is 127 cm³/mol. The number of alkyl halides is 3. The summed E-state index contributed by atoms with van der Waals surface area (Å²) in [6, 6.07) is 3.51. The van der Waals surface area contributed by atoms with Crippen LogP contribution in [0.5, 0.6) is 17.5 Å². The fraction of sp³-hybridized carbons (Fsp3) is 0.375. The van der Waals surface area contributed by atoms with Crippen molar-refractivity contribution in [3.8, 4) is 34.5 Å². The molecule has 0 spiro atoms. The van der Waals surface area contributed by atoms with Crippen molar-refractivity contribution in [3.63, 3.8) is 0 Å². The first-order valence-electron chi connectivity index (χ1n) is 11.3. The quantitative estimate of drug-likeness (QED) is 0.296. The molecule has 0 amide bonds. The first-order valence-corrected chi connectivity index (χ1v) is 11.3. The summed E-state index contributed by atoms with van der Waals surface area (Å²) in [5, 5.41) is 15.0. The van der Waals surface area contributed by atoms with Crippen LogP contribution in [0, 0.1) is 6.92 Å². The molecule has 4 aromatic rings. The maximum Gasteiger partial charge on any atom is 0.408 e. The van der Waals surface area contributed by atoms with E-state index in [1.165, 1.54) is 24.1 Å². The Balaban J connectivity index is 1.58. The topological polar surface area (TPSA) is 106 Å². The third-order valence-electron chi connectivity index (χ3n) is 5.42. The maximum absolute atomic E-state index is 12.7. The van der Waals surface area contributed by atoms with E-state index in [2.05, 4.69) is 15.1 Å². The monoisotopic (exact) mass is 521 g/mol. The summed E-state index contributed by atoms with van der Waals surface area (Å²) in [5.74, 6) is 0.566. The number of hydrogen-bond donors (Lipinski definition) is 1. The van der Waals surface area contributed by atoms with Gasteiger partial charge in [-0.25, -0.2) is 9.97 Å². The lowest BCUT2D eigenvalue weighted by Crippen LogP contribution is -2.17. The van der Waals surface area contributed by atoms with Gasteiger partial charge in [0, 0.05) is 31.3 Å². The van der Waals surface area contributed by atoms with Crippen LogP contribution in [-0.4, -0.2) is 76.2 Å². The number of ether oxygens (including phenoxy) is 4. The minimum absolute atomic E-state index is 0.148. The van der Waals surface area contributed by atoms with E-state index in [1.54, 1.807) is 38.6 Å². The highest BCUT2D eigenvalue weighted by atomic mass is 19.4. The van der Waals surface area contributed by atoms with Crippen LogP contribution in [0.1, 0.15) is 5.56 Å². The molecule has 0 saturated carbocycles. The minimum Gasteiger partial charge on any atom is -0.494 e. The predicted octanol–water partition coefficient (Wildman–Crippen LogP) is 3.91. The van der Waals surface area contributed by atoms with E-state index in [1.807, 2.05) is 0 Å². The number of pyridine rings is 2. The molecule has 0 fully saturated rings. The van der Waals surface area contributed by atoms with Gasteiger partial charge in [0.05, 0.1) is 55.4 Å². The SMILES string of the molecule is COCCOCCOc1ncc(-c2cc(C)c3c(O)n(-c4cnn(CC(F)(F)F)c4)cc3n2)cc1OC. The van der Waals surface area contributed by atoms with Gasteiger partial charge >= 0.3 is 6.18 Å².